The summed E-state index contributed by atoms with van der Waals surface area (Å²) in [4.78, 5) is 27.1. The molecule has 0 N–H and O–H groups in total. The molecule has 3 heterocycles. The van der Waals surface area contributed by atoms with Crippen molar-refractivity contribution >= 4 is 16.8 Å². The van der Waals surface area contributed by atoms with Crippen LogP contribution in [0, 0.1) is 5.82 Å². The molecule has 1 aliphatic heterocycles. The van der Waals surface area contributed by atoms with E-state index in [1.807, 2.05) is 12.1 Å². The average molecular weight is 464 g/mol. The molecule has 172 valence electrons. The zero-order valence-corrected chi connectivity index (χ0v) is 17.9. The number of hydrogen-bond acceptors (Lipinski definition) is 5. The second-order valence-corrected chi connectivity index (χ2v) is 7.97. The van der Waals surface area contributed by atoms with Crippen molar-refractivity contribution in [1.29, 1.82) is 0 Å². The summed E-state index contributed by atoms with van der Waals surface area (Å²) in [6.07, 6.45) is 0.802. The van der Waals surface area contributed by atoms with Crippen molar-refractivity contribution in [2.75, 3.05) is 13.1 Å². The van der Waals surface area contributed by atoms with Crippen molar-refractivity contribution in [3.8, 4) is 17.3 Å². The van der Waals surface area contributed by atoms with Crippen molar-refractivity contribution in [1.82, 2.24) is 19.9 Å². The number of aromatic nitrogens is 3. The summed E-state index contributed by atoms with van der Waals surface area (Å²) < 4.78 is 49.1. The molecule has 0 saturated carbocycles. The third-order valence-electron chi connectivity index (χ3n) is 5.71. The van der Waals surface area contributed by atoms with Gasteiger partial charge >= 0.3 is 0 Å². The third-order valence-corrected chi connectivity index (χ3v) is 5.71. The van der Waals surface area contributed by atoms with Gasteiger partial charge in [0.15, 0.2) is 11.9 Å². The lowest BCUT2D eigenvalue weighted by atomic mass is 10.00. The third kappa shape index (κ3) is 4.28. The number of para-hydroxylation sites is 1. The molecule has 0 radical (unpaired) electrons. The number of benzene rings is 2. The second-order valence-electron chi connectivity index (χ2n) is 7.97. The molecule has 2 aromatic heterocycles. The van der Waals surface area contributed by atoms with E-state index in [1.54, 1.807) is 24.3 Å². The summed E-state index contributed by atoms with van der Waals surface area (Å²) in [5.41, 5.74) is 0.927. The summed E-state index contributed by atoms with van der Waals surface area (Å²) in [6.45, 7) is -0.589. The largest absolute Gasteiger partial charge is 0.466 e. The van der Waals surface area contributed by atoms with E-state index in [-0.39, 0.29) is 30.4 Å². The Hall–Kier alpha value is -4.01. The maximum atomic E-state index is 14.7. The number of amides is 1. The first-order valence-electron chi connectivity index (χ1n) is 10.7. The summed E-state index contributed by atoms with van der Waals surface area (Å²) in [7, 11) is 0. The van der Waals surface area contributed by atoms with E-state index in [2.05, 4.69) is 15.0 Å². The van der Waals surface area contributed by atoms with E-state index in [0.717, 1.165) is 11.5 Å². The molecule has 0 aliphatic carbocycles. The topological polar surface area (TPSA) is 68.2 Å². The van der Waals surface area contributed by atoms with Crippen molar-refractivity contribution in [3.05, 3.63) is 84.4 Å². The minimum Gasteiger partial charge on any atom is -0.466 e. The Kier molecular flexibility index (Phi) is 5.61. The van der Waals surface area contributed by atoms with Gasteiger partial charge in [-0.2, -0.15) is 0 Å². The fourth-order valence-electron chi connectivity index (χ4n) is 3.93. The van der Waals surface area contributed by atoms with Crippen molar-refractivity contribution in [2.24, 2.45) is 0 Å². The zero-order chi connectivity index (χ0) is 23.7. The van der Waals surface area contributed by atoms with Gasteiger partial charge < -0.3 is 9.64 Å². The summed E-state index contributed by atoms with van der Waals surface area (Å²) in [6, 6.07) is 15.8. The van der Waals surface area contributed by atoms with Crippen LogP contribution in [0.5, 0.6) is 5.88 Å². The highest BCUT2D eigenvalue weighted by molar-refractivity contribution is 6.00. The Morgan fingerprint density at radius 1 is 1.03 bits per heavy atom. The molecular weight excluding hydrogens is 445 g/mol. The van der Waals surface area contributed by atoms with Gasteiger partial charge in [-0.15, -0.1) is 0 Å². The molecule has 1 atom stereocenters. The number of halogens is 3. The van der Waals surface area contributed by atoms with Crippen LogP contribution in [0.15, 0.2) is 73.1 Å². The van der Waals surface area contributed by atoms with E-state index >= 15 is 0 Å². The maximum absolute atomic E-state index is 14.7. The molecule has 1 aliphatic rings. The van der Waals surface area contributed by atoms with Crippen molar-refractivity contribution in [2.45, 2.75) is 18.4 Å². The van der Waals surface area contributed by atoms with Crippen molar-refractivity contribution < 1.29 is 22.7 Å². The van der Waals surface area contributed by atoms with Crippen LogP contribution in [0.3, 0.4) is 0 Å². The fraction of sp³-hybridized carbons (Fsp3) is 0.200. The number of ether oxygens (including phenoxy) is 1. The number of rotatable bonds is 4. The first kappa shape index (κ1) is 21.8. The van der Waals surface area contributed by atoms with Gasteiger partial charge in [-0.25, -0.2) is 28.1 Å². The Balaban J connectivity index is 1.42. The number of piperidine rings is 1. The van der Waals surface area contributed by atoms with Gasteiger partial charge in [-0.3, -0.25) is 4.79 Å². The molecule has 0 spiro atoms. The number of hydrogen-bond donors (Lipinski definition) is 0. The minimum absolute atomic E-state index is 0.000929. The van der Waals surface area contributed by atoms with Crippen LogP contribution in [0.4, 0.5) is 13.2 Å². The van der Waals surface area contributed by atoms with Gasteiger partial charge in [0.1, 0.15) is 5.82 Å². The van der Waals surface area contributed by atoms with Crippen LogP contribution < -0.4 is 4.74 Å². The van der Waals surface area contributed by atoms with Crippen LogP contribution in [-0.2, 0) is 0 Å². The van der Waals surface area contributed by atoms with Crippen molar-refractivity contribution in [3.63, 3.8) is 0 Å². The highest BCUT2D eigenvalue weighted by Gasteiger charge is 2.47. The second kappa shape index (κ2) is 8.74. The molecule has 0 bridgehead atoms. The Morgan fingerprint density at radius 3 is 2.65 bits per heavy atom. The van der Waals surface area contributed by atoms with E-state index in [4.69, 9.17) is 4.74 Å². The van der Waals surface area contributed by atoms with Gasteiger partial charge in [-0.1, -0.05) is 18.2 Å². The molecule has 34 heavy (non-hydrogen) atoms. The predicted molar refractivity (Wildman–Crippen MR) is 119 cm³/mol. The van der Waals surface area contributed by atoms with Crippen LogP contribution in [0.25, 0.3) is 22.3 Å². The van der Waals surface area contributed by atoms with E-state index in [9.17, 15) is 18.0 Å². The summed E-state index contributed by atoms with van der Waals surface area (Å²) in [5.74, 6) is -4.11. The molecule has 1 unspecified atom stereocenters. The zero-order valence-electron chi connectivity index (χ0n) is 17.9. The SMILES string of the molecule is O=C(c1cc(F)ccc1-c1ncccn1)N1CCC(F)(F)C(Oc2ccc3ccccc3n2)C1. The number of alkyl halides is 2. The summed E-state index contributed by atoms with van der Waals surface area (Å²) in [5, 5.41) is 0.851. The maximum Gasteiger partial charge on any atom is 0.287 e. The highest BCUT2D eigenvalue weighted by Crippen LogP contribution is 2.33. The smallest absolute Gasteiger partial charge is 0.287 e. The Bertz CT molecular complexity index is 1350. The molecule has 1 amide bonds. The van der Waals surface area contributed by atoms with E-state index in [0.29, 0.717) is 11.1 Å². The first-order chi connectivity index (χ1) is 16.4. The van der Waals surface area contributed by atoms with Gasteiger partial charge in [-0.05, 0) is 36.4 Å². The number of pyridine rings is 1. The molecular formula is C25H19F3N4O2. The summed E-state index contributed by atoms with van der Waals surface area (Å²) >= 11 is 0. The molecule has 4 aromatic rings. The molecule has 1 fully saturated rings. The fourth-order valence-corrected chi connectivity index (χ4v) is 3.93. The molecule has 1 saturated heterocycles. The highest BCUT2D eigenvalue weighted by atomic mass is 19.3. The molecule has 2 aromatic carbocycles. The number of carbonyl (C=O) groups excluding carboxylic acids is 1. The van der Waals surface area contributed by atoms with Gasteiger partial charge in [0.25, 0.3) is 11.8 Å². The number of fused-ring (bicyclic) bond motifs is 1. The molecule has 5 rings (SSSR count). The standard InChI is InChI=1S/C25H19F3N4O2/c26-17-7-8-18(23-29-11-3-12-30-23)19(14-17)24(33)32-13-10-25(27,28)21(15-32)34-22-9-6-16-4-1-2-5-20(16)31-22/h1-9,11-12,14,21H,10,13,15H2. The normalized spacial score (nSPS) is 17.5. The van der Waals surface area contributed by atoms with Gasteiger partial charge in [0.05, 0.1) is 17.6 Å². The van der Waals surface area contributed by atoms with E-state index < -0.39 is 30.2 Å². The van der Waals surface area contributed by atoms with Gasteiger partial charge in [0.2, 0.25) is 5.88 Å². The van der Waals surface area contributed by atoms with Crippen LogP contribution >= 0.6 is 0 Å². The molecule has 6 nitrogen and oxygen atoms in total. The minimum atomic E-state index is -3.17. The lowest BCUT2D eigenvalue weighted by Crippen LogP contribution is -2.55. The van der Waals surface area contributed by atoms with Gasteiger partial charge in [0, 0.05) is 42.4 Å². The lowest BCUT2D eigenvalue weighted by molar-refractivity contribution is -0.131. The Morgan fingerprint density at radius 2 is 1.82 bits per heavy atom. The van der Waals surface area contributed by atoms with Crippen LogP contribution in [0.1, 0.15) is 16.8 Å². The molecule has 9 heteroatoms. The monoisotopic (exact) mass is 464 g/mol. The predicted octanol–water partition coefficient (Wildman–Crippen LogP) is 4.76. The average Bonchev–Trinajstić information content (AvgIpc) is 2.85. The quantitative estimate of drug-likeness (QED) is 0.436. The number of likely N-dealkylation sites (tertiary alicyclic amines) is 1. The van der Waals surface area contributed by atoms with E-state index in [1.165, 1.54) is 35.5 Å². The Labute approximate surface area is 193 Å². The van der Waals surface area contributed by atoms with Crippen LogP contribution in [-0.4, -0.2) is 50.9 Å². The lowest BCUT2D eigenvalue weighted by Gasteiger charge is -2.38. The van der Waals surface area contributed by atoms with Crippen LogP contribution in [0.2, 0.25) is 0 Å². The number of carbonyl (C=O) groups is 1. The number of nitrogens with zero attached hydrogens (tertiary/aromatic N) is 4. The first-order valence-corrected chi connectivity index (χ1v) is 10.7.